The highest BCUT2D eigenvalue weighted by atomic mass is 35.5. The third kappa shape index (κ3) is 2.79. The number of aryl methyl sites for hydroxylation is 1. The van der Waals surface area contributed by atoms with Crippen LogP contribution in [0.2, 0.25) is 5.02 Å². The highest BCUT2D eigenvalue weighted by Gasteiger charge is 2.46. The normalized spacial score (nSPS) is 19.2. The summed E-state index contributed by atoms with van der Waals surface area (Å²) in [5, 5.41) is 10.3. The fraction of sp³-hybridized carbons (Fsp3) is 0.538. The average Bonchev–Trinajstić information content (AvgIpc) is 2.25. The molecule has 1 saturated heterocycles. The lowest BCUT2D eigenvalue weighted by Crippen LogP contribution is -2.63. The highest BCUT2D eigenvalue weighted by molar-refractivity contribution is 7.89. The molecule has 0 aliphatic carbocycles. The second-order valence-corrected chi connectivity index (χ2v) is 7.49. The maximum absolute atomic E-state index is 12.4. The molecule has 0 amide bonds. The largest absolute Gasteiger partial charge is 0.387 e. The number of sulfonamides is 1. The zero-order chi connectivity index (χ0) is 14.3. The summed E-state index contributed by atoms with van der Waals surface area (Å²) < 4.78 is 26.0. The van der Waals surface area contributed by atoms with Crippen molar-refractivity contribution in [1.29, 1.82) is 0 Å². The molecule has 0 unspecified atom stereocenters. The van der Waals surface area contributed by atoms with E-state index in [1.54, 1.807) is 12.1 Å². The van der Waals surface area contributed by atoms with Crippen LogP contribution in [-0.2, 0) is 10.0 Å². The predicted molar refractivity (Wildman–Crippen MR) is 74.8 cm³/mol. The lowest BCUT2D eigenvalue weighted by molar-refractivity contribution is -0.0653. The Kier molecular flexibility index (Phi) is 3.93. The fourth-order valence-electron chi connectivity index (χ4n) is 2.36. The molecule has 1 aromatic carbocycles. The Balaban J connectivity index is 2.21. The number of nitrogens with zero attached hydrogens (tertiary/aromatic N) is 1. The molecule has 0 bridgehead atoms. The van der Waals surface area contributed by atoms with E-state index in [1.807, 2.05) is 13.8 Å². The molecular formula is C13H18ClNO3S. The summed E-state index contributed by atoms with van der Waals surface area (Å²) in [5.41, 5.74) is 0.0361. The number of β-amino-alcohol motifs (C(OH)–C–C–N with tert-alkyl or cyclic N) is 1. The average molecular weight is 304 g/mol. The van der Waals surface area contributed by atoms with Crippen molar-refractivity contribution in [2.24, 2.45) is 0 Å². The van der Waals surface area contributed by atoms with Crippen LogP contribution in [0.5, 0.6) is 0 Å². The molecule has 1 heterocycles. The summed E-state index contributed by atoms with van der Waals surface area (Å²) in [6, 6.07) is 4.87. The van der Waals surface area contributed by atoms with E-state index in [4.69, 9.17) is 11.6 Å². The molecule has 1 fully saturated rings. The fourth-order valence-corrected chi connectivity index (χ4v) is 4.53. The molecule has 19 heavy (non-hydrogen) atoms. The van der Waals surface area contributed by atoms with E-state index in [9.17, 15) is 13.5 Å². The Labute approximate surface area is 119 Å². The quantitative estimate of drug-likeness (QED) is 0.927. The number of halogens is 1. The van der Waals surface area contributed by atoms with Gasteiger partial charge in [0.1, 0.15) is 4.90 Å². The maximum atomic E-state index is 12.4. The molecule has 0 aromatic heterocycles. The van der Waals surface area contributed by atoms with Crippen LogP contribution in [0.25, 0.3) is 0 Å². The molecule has 106 valence electrons. The number of hydrogen-bond donors (Lipinski definition) is 1. The number of aliphatic hydroxyl groups is 1. The van der Waals surface area contributed by atoms with Gasteiger partial charge in [0.05, 0.1) is 10.6 Å². The van der Waals surface area contributed by atoms with Gasteiger partial charge in [-0.25, -0.2) is 8.42 Å². The Morgan fingerprint density at radius 2 is 2.05 bits per heavy atom. The van der Waals surface area contributed by atoms with Crippen LogP contribution in [0.4, 0.5) is 0 Å². The van der Waals surface area contributed by atoms with Crippen molar-refractivity contribution < 1.29 is 13.5 Å². The number of benzene rings is 1. The molecule has 6 heteroatoms. The number of rotatable bonds is 4. The van der Waals surface area contributed by atoms with Gasteiger partial charge in [0.2, 0.25) is 10.0 Å². The van der Waals surface area contributed by atoms with Crippen LogP contribution >= 0.6 is 11.6 Å². The smallest absolute Gasteiger partial charge is 0.244 e. The molecule has 0 spiro atoms. The van der Waals surface area contributed by atoms with Crippen molar-refractivity contribution in [2.75, 3.05) is 13.1 Å². The van der Waals surface area contributed by atoms with Gasteiger partial charge in [-0.1, -0.05) is 31.0 Å². The minimum absolute atomic E-state index is 0.110. The van der Waals surface area contributed by atoms with Crippen LogP contribution in [0, 0.1) is 6.92 Å². The standard InChI is InChI=1S/C13H18ClNO3S/c1-3-6-13(16)8-15(9-13)19(17,18)12-5-4-10(2)7-11(12)14/h4-5,7,16H,3,6,8-9H2,1-2H3. The van der Waals surface area contributed by atoms with Crippen LogP contribution < -0.4 is 0 Å². The summed E-state index contributed by atoms with van der Waals surface area (Å²) >= 11 is 6.00. The second kappa shape index (κ2) is 5.05. The van der Waals surface area contributed by atoms with Gasteiger partial charge in [-0.15, -0.1) is 0 Å². The van der Waals surface area contributed by atoms with Crippen LogP contribution in [0.15, 0.2) is 23.1 Å². The third-order valence-electron chi connectivity index (χ3n) is 3.36. The lowest BCUT2D eigenvalue weighted by Gasteiger charge is -2.45. The van der Waals surface area contributed by atoms with E-state index in [1.165, 1.54) is 10.4 Å². The number of hydrogen-bond acceptors (Lipinski definition) is 3. The van der Waals surface area contributed by atoms with Crippen molar-refractivity contribution in [2.45, 2.75) is 37.2 Å². The molecule has 1 aliphatic rings. The SMILES string of the molecule is CCCC1(O)CN(S(=O)(=O)c2ccc(C)cc2Cl)C1. The van der Waals surface area contributed by atoms with E-state index in [0.717, 1.165) is 12.0 Å². The van der Waals surface area contributed by atoms with Crippen molar-refractivity contribution >= 4 is 21.6 Å². The van der Waals surface area contributed by atoms with Gasteiger partial charge in [0.25, 0.3) is 0 Å². The van der Waals surface area contributed by atoms with Gasteiger partial charge in [0.15, 0.2) is 0 Å². The summed E-state index contributed by atoms with van der Waals surface area (Å²) in [6.07, 6.45) is 1.44. The molecule has 1 aromatic rings. The van der Waals surface area contributed by atoms with Crippen LogP contribution in [0.3, 0.4) is 0 Å². The molecule has 0 radical (unpaired) electrons. The molecule has 1 aliphatic heterocycles. The Morgan fingerprint density at radius 1 is 1.42 bits per heavy atom. The zero-order valence-electron chi connectivity index (χ0n) is 11.1. The Hall–Kier alpha value is -0.620. The third-order valence-corrected chi connectivity index (χ3v) is 5.64. The zero-order valence-corrected chi connectivity index (χ0v) is 12.6. The Bertz CT molecular complexity index is 580. The van der Waals surface area contributed by atoms with Crippen molar-refractivity contribution in [3.63, 3.8) is 0 Å². The first-order valence-electron chi connectivity index (χ1n) is 6.27. The van der Waals surface area contributed by atoms with Crippen molar-refractivity contribution in [1.82, 2.24) is 4.31 Å². The van der Waals surface area contributed by atoms with Gasteiger partial charge in [-0.2, -0.15) is 4.31 Å². The predicted octanol–water partition coefficient (Wildman–Crippen LogP) is 2.18. The monoisotopic (exact) mass is 303 g/mol. The lowest BCUT2D eigenvalue weighted by atomic mass is 9.92. The van der Waals surface area contributed by atoms with Gasteiger partial charge >= 0.3 is 0 Å². The van der Waals surface area contributed by atoms with Crippen molar-refractivity contribution in [3.8, 4) is 0 Å². The summed E-state index contributed by atoms with van der Waals surface area (Å²) in [5.74, 6) is 0. The summed E-state index contributed by atoms with van der Waals surface area (Å²) in [4.78, 5) is 0.110. The topological polar surface area (TPSA) is 57.6 Å². The van der Waals surface area contributed by atoms with E-state index in [2.05, 4.69) is 0 Å². The first-order valence-corrected chi connectivity index (χ1v) is 8.09. The van der Waals surface area contributed by atoms with Crippen molar-refractivity contribution in [3.05, 3.63) is 28.8 Å². The van der Waals surface area contributed by atoms with E-state index in [0.29, 0.717) is 6.42 Å². The van der Waals surface area contributed by atoms with Crippen LogP contribution in [-0.4, -0.2) is 36.5 Å². The van der Waals surface area contributed by atoms with Gasteiger partial charge < -0.3 is 5.11 Å². The highest BCUT2D eigenvalue weighted by Crippen LogP contribution is 2.33. The second-order valence-electron chi connectivity index (χ2n) is 5.18. The molecule has 4 nitrogen and oxygen atoms in total. The van der Waals surface area contributed by atoms with E-state index >= 15 is 0 Å². The Morgan fingerprint density at radius 3 is 2.58 bits per heavy atom. The first kappa shape index (κ1) is 14.8. The summed E-state index contributed by atoms with van der Waals surface area (Å²) in [6.45, 7) is 4.11. The minimum atomic E-state index is -3.60. The van der Waals surface area contributed by atoms with E-state index < -0.39 is 15.6 Å². The van der Waals surface area contributed by atoms with E-state index in [-0.39, 0.29) is 23.0 Å². The van der Waals surface area contributed by atoms with Crippen LogP contribution in [0.1, 0.15) is 25.3 Å². The summed E-state index contributed by atoms with van der Waals surface area (Å²) in [7, 11) is -3.60. The minimum Gasteiger partial charge on any atom is -0.387 e. The van der Waals surface area contributed by atoms with Gasteiger partial charge in [-0.05, 0) is 31.0 Å². The molecule has 0 atom stereocenters. The van der Waals surface area contributed by atoms with Gasteiger partial charge in [-0.3, -0.25) is 0 Å². The van der Waals surface area contributed by atoms with Gasteiger partial charge in [0, 0.05) is 13.1 Å². The maximum Gasteiger partial charge on any atom is 0.244 e. The molecular weight excluding hydrogens is 286 g/mol. The first-order chi connectivity index (χ1) is 8.78. The molecule has 0 saturated carbocycles. The molecule has 2 rings (SSSR count). The molecule has 1 N–H and O–H groups in total.